The molecule has 114 valence electrons. The molecule has 0 unspecified atom stereocenters. The second-order valence-electron chi connectivity index (χ2n) is 5.44. The minimum atomic E-state index is 0.254. The normalized spacial score (nSPS) is 11.2. The molecular formula is C18H15N3O2. The Morgan fingerprint density at radius 3 is 2.65 bits per heavy atom. The van der Waals surface area contributed by atoms with Crippen LogP contribution in [0.1, 0.15) is 11.3 Å². The van der Waals surface area contributed by atoms with E-state index in [1.807, 2.05) is 47.9 Å². The summed E-state index contributed by atoms with van der Waals surface area (Å²) in [6.45, 7) is 2.51. The van der Waals surface area contributed by atoms with E-state index < -0.39 is 0 Å². The summed E-state index contributed by atoms with van der Waals surface area (Å²) in [5.74, 6) is 2.57. The van der Waals surface area contributed by atoms with Crippen molar-refractivity contribution in [2.24, 2.45) is 0 Å². The van der Waals surface area contributed by atoms with Gasteiger partial charge in [0.25, 0.3) is 0 Å². The van der Waals surface area contributed by atoms with E-state index >= 15 is 0 Å². The summed E-state index contributed by atoms with van der Waals surface area (Å²) in [5, 5.41) is 9.44. The summed E-state index contributed by atoms with van der Waals surface area (Å²) >= 11 is 0. The fourth-order valence-corrected chi connectivity index (χ4v) is 2.63. The number of aromatic hydroxyl groups is 1. The molecule has 0 spiro atoms. The number of rotatable bonds is 3. The molecule has 0 atom stereocenters. The van der Waals surface area contributed by atoms with Crippen LogP contribution in [0, 0.1) is 6.92 Å². The smallest absolute Gasteiger partial charge is 0.178 e. The summed E-state index contributed by atoms with van der Waals surface area (Å²) in [6.07, 6.45) is 1.76. The molecule has 0 amide bonds. The summed E-state index contributed by atoms with van der Waals surface area (Å²) in [7, 11) is 0. The highest BCUT2D eigenvalue weighted by atomic mass is 16.3. The Balaban J connectivity index is 1.87. The van der Waals surface area contributed by atoms with Gasteiger partial charge in [-0.05, 0) is 48.9 Å². The molecule has 5 nitrogen and oxygen atoms in total. The number of hydrogen-bond acceptors (Lipinski definition) is 4. The lowest BCUT2D eigenvalue weighted by molar-refractivity contribution is 0.475. The van der Waals surface area contributed by atoms with Gasteiger partial charge in [0.1, 0.15) is 17.0 Å². The zero-order chi connectivity index (χ0) is 15.8. The highest BCUT2D eigenvalue weighted by Gasteiger charge is 2.16. The fourth-order valence-electron chi connectivity index (χ4n) is 2.63. The molecule has 5 heteroatoms. The highest BCUT2D eigenvalue weighted by molar-refractivity contribution is 5.76. The first-order chi connectivity index (χ1) is 11.2. The number of imidazole rings is 1. The highest BCUT2D eigenvalue weighted by Crippen LogP contribution is 2.26. The number of hydrogen-bond donors (Lipinski definition) is 1. The predicted molar refractivity (Wildman–Crippen MR) is 87.2 cm³/mol. The molecule has 0 saturated carbocycles. The first kappa shape index (κ1) is 13.6. The zero-order valence-corrected chi connectivity index (χ0v) is 12.6. The van der Waals surface area contributed by atoms with E-state index in [1.165, 1.54) is 0 Å². The standard InChI is InChI=1S/C18H15N3O2/c1-12-4-9-16(23-12)18-20-15-3-2-10-19-17(15)21(18)11-13-5-7-14(22)8-6-13/h2-10,22H,11H2,1H3. The first-order valence-electron chi connectivity index (χ1n) is 7.37. The van der Waals surface area contributed by atoms with Crippen molar-refractivity contribution in [1.29, 1.82) is 0 Å². The van der Waals surface area contributed by atoms with E-state index in [0.29, 0.717) is 6.54 Å². The van der Waals surface area contributed by atoms with Gasteiger partial charge in [-0.1, -0.05) is 12.1 Å². The molecule has 0 fully saturated rings. The summed E-state index contributed by atoms with van der Waals surface area (Å²) in [6, 6.07) is 14.8. The summed E-state index contributed by atoms with van der Waals surface area (Å²) < 4.78 is 7.77. The number of phenols is 1. The third-order valence-corrected chi connectivity index (χ3v) is 3.74. The number of fused-ring (bicyclic) bond motifs is 1. The maximum Gasteiger partial charge on any atom is 0.178 e. The number of pyridine rings is 1. The topological polar surface area (TPSA) is 64.1 Å². The van der Waals surface area contributed by atoms with Crippen molar-refractivity contribution in [3.63, 3.8) is 0 Å². The van der Waals surface area contributed by atoms with Crippen molar-refractivity contribution in [2.75, 3.05) is 0 Å². The quantitative estimate of drug-likeness (QED) is 0.626. The van der Waals surface area contributed by atoms with Gasteiger partial charge >= 0.3 is 0 Å². The largest absolute Gasteiger partial charge is 0.508 e. The van der Waals surface area contributed by atoms with E-state index in [0.717, 1.165) is 34.1 Å². The van der Waals surface area contributed by atoms with Gasteiger partial charge in [0, 0.05) is 6.20 Å². The third kappa shape index (κ3) is 2.46. The third-order valence-electron chi connectivity index (χ3n) is 3.74. The van der Waals surface area contributed by atoms with Crippen LogP contribution >= 0.6 is 0 Å². The Kier molecular flexibility index (Phi) is 3.12. The molecule has 1 aromatic carbocycles. The van der Waals surface area contributed by atoms with Crippen molar-refractivity contribution >= 4 is 11.2 Å². The van der Waals surface area contributed by atoms with Gasteiger partial charge in [-0.15, -0.1) is 0 Å². The molecule has 3 heterocycles. The van der Waals surface area contributed by atoms with Gasteiger partial charge in [0.05, 0.1) is 6.54 Å². The second-order valence-corrected chi connectivity index (χ2v) is 5.44. The minimum absolute atomic E-state index is 0.254. The van der Waals surface area contributed by atoms with Crippen LogP contribution in [0.25, 0.3) is 22.7 Å². The van der Waals surface area contributed by atoms with Gasteiger partial charge in [0.15, 0.2) is 17.2 Å². The molecule has 4 rings (SSSR count). The van der Waals surface area contributed by atoms with E-state index in [2.05, 4.69) is 9.97 Å². The number of nitrogens with zero attached hydrogens (tertiary/aromatic N) is 3. The number of furan rings is 1. The molecule has 3 aromatic heterocycles. The fraction of sp³-hybridized carbons (Fsp3) is 0.111. The van der Waals surface area contributed by atoms with Gasteiger partial charge in [0.2, 0.25) is 0 Å². The Hall–Kier alpha value is -3.08. The Morgan fingerprint density at radius 1 is 1.09 bits per heavy atom. The molecule has 0 bridgehead atoms. The van der Waals surface area contributed by atoms with Gasteiger partial charge < -0.3 is 14.1 Å². The second kappa shape index (κ2) is 5.28. The van der Waals surface area contributed by atoms with Crippen LogP contribution in [0.2, 0.25) is 0 Å². The maximum atomic E-state index is 9.44. The Morgan fingerprint density at radius 2 is 1.91 bits per heavy atom. The molecule has 4 aromatic rings. The van der Waals surface area contributed by atoms with Gasteiger partial charge in [-0.25, -0.2) is 9.97 Å². The van der Waals surface area contributed by atoms with Crippen LogP contribution in [0.5, 0.6) is 5.75 Å². The zero-order valence-electron chi connectivity index (χ0n) is 12.6. The van der Waals surface area contributed by atoms with Crippen molar-refractivity contribution in [2.45, 2.75) is 13.5 Å². The lowest BCUT2D eigenvalue weighted by atomic mass is 10.2. The number of benzene rings is 1. The summed E-state index contributed by atoms with van der Waals surface area (Å²) in [5.41, 5.74) is 2.69. The van der Waals surface area contributed by atoms with E-state index in [-0.39, 0.29) is 5.75 Å². The number of aryl methyl sites for hydroxylation is 1. The molecule has 0 aliphatic carbocycles. The maximum absolute atomic E-state index is 9.44. The molecular weight excluding hydrogens is 290 g/mol. The van der Waals surface area contributed by atoms with Crippen LogP contribution in [0.15, 0.2) is 59.1 Å². The van der Waals surface area contributed by atoms with Crippen LogP contribution in [-0.2, 0) is 6.54 Å². The van der Waals surface area contributed by atoms with E-state index in [4.69, 9.17) is 4.42 Å². The SMILES string of the molecule is Cc1ccc(-c2nc3cccnc3n2Cc2ccc(O)cc2)o1. The average Bonchev–Trinajstić information content (AvgIpc) is 3.14. The molecule has 0 radical (unpaired) electrons. The molecule has 0 aliphatic heterocycles. The lowest BCUT2D eigenvalue weighted by Gasteiger charge is -2.07. The van der Waals surface area contributed by atoms with Crippen LogP contribution in [0.4, 0.5) is 0 Å². The molecule has 23 heavy (non-hydrogen) atoms. The van der Waals surface area contributed by atoms with Crippen LogP contribution < -0.4 is 0 Å². The van der Waals surface area contributed by atoms with Crippen LogP contribution in [0.3, 0.4) is 0 Å². The van der Waals surface area contributed by atoms with E-state index in [9.17, 15) is 5.11 Å². The minimum Gasteiger partial charge on any atom is -0.508 e. The van der Waals surface area contributed by atoms with Crippen molar-refractivity contribution in [3.05, 3.63) is 66.1 Å². The van der Waals surface area contributed by atoms with Crippen molar-refractivity contribution < 1.29 is 9.52 Å². The van der Waals surface area contributed by atoms with Crippen LogP contribution in [-0.4, -0.2) is 19.6 Å². The van der Waals surface area contributed by atoms with Gasteiger partial charge in [-0.2, -0.15) is 0 Å². The predicted octanol–water partition coefficient (Wildman–Crippen LogP) is 3.75. The van der Waals surface area contributed by atoms with Crippen molar-refractivity contribution in [1.82, 2.24) is 14.5 Å². The monoisotopic (exact) mass is 305 g/mol. The molecule has 0 aliphatic rings. The van der Waals surface area contributed by atoms with Crippen molar-refractivity contribution in [3.8, 4) is 17.3 Å². The summed E-state index contributed by atoms with van der Waals surface area (Å²) in [4.78, 5) is 9.12. The average molecular weight is 305 g/mol. The van der Waals surface area contributed by atoms with Gasteiger partial charge in [-0.3, -0.25) is 0 Å². The molecule has 0 saturated heterocycles. The Labute approximate surface area is 132 Å². The number of aromatic nitrogens is 3. The molecule has 1 N–H and O–H groups in total. The first-order valence-corrected chi connectivity index (χ1v) is 7.37. The Bertz CT molecular complexity index is 968. The van der Waals surface area contributed by atoms with E-state index in [1.54, 1.807) is 18.3 Å². The number of phenolic OH excluding ortho intramolecular Hbond substituents is 1. The lowest BCUT2D eigenvalue weighted by Crippen LogP contribution is -2.02.